The lowest BCUT2D eigenvalue weighted by Crippen LogP contribution is -1.99. The summed E-state index contributed by atoms with van der Waals surface area (Å²) in [5, 5.41) is 5.71. The van der Waals surface area contributed by atoms with Crippen molar-refractivity contribution in [1.82, 2.24) is 0 Å². The minimum absolute atomic E-state index is 0.912. The molecule has 0 amide bonds. The van der Waals surface area contributed by atoms with E-state index >= 15 is 0 Å². The van der Waals surface area contributed by atoms with Gasteiger partial charge in [-0.15, -0.1) is 11.3 Å². The number of fused-ring (bicyclic) bond motifs is 3. The van der Waals surface area contributed by atoms with Crippen molar-refractivity contribution in [3.63, 3.8) is 0 Å². The van der Waals surface area contributed by atoms with Gasteiger partial charge in [0.25, 0.3) is 0 Å². The maximum absolute atomic E-state index is 3.55. The molecule has 0 radical (unpaired) electrons. The normalized spacial score (nSPS) is 12.0. The Bertz CT molecular complexity index is 801. The molecule has 1 nitrogen and oxygen atoms in total. The third-order valence-electron chi connectivity index (χ3n) is 4.21. The van der Waals surface area contributed by atoms with Gasteiger partial charge in [0, 0.05) is 17.1 Å². The van der Waals surface area contributed by atoms with E-state index in [-0.39, 0.29) is 0 Å². The quantitative estimate of drug-likeness (QED) is 0.544. The number of hydrogen-bond acceptors (Lipinski definition) is 2. The smallest absolute Gasteiger partial charge is 0.0496 e. The van der Waals surface area contributed by atoms with Crippen molar-refractivity contribution >= 4 is 17.0 Å². The summed E-state index contributed by atoms with van der Waals surface area (Å²) in [4.78, 5) is 1.42. The van der Waals surface area contributed by atoms with Crippen molar-refractivity contribution in [2.75, 3.05) is 5.32 Å². The van der Waals surface area contributed by atoms with Gasteiger partial charge < -0.3 is 5.32 Å². The molecule has 1 heterocycles. The molecule has 1 aliphatic rings. The van der Waals surface area contributed by atoms with Crippen LogP contribution in [0.1, 0.15) is 21.6 Å². The average Bonchev–Trinajstić information content (AvgIpc) is 3.07. The minimum Gasteiger partial charge on any atom is -0.380 e. The van der Waals surface area contributed by atoms with Gasteiger partial charge >= 0.3 is 0 Å². The van der Waals surface area contributed by atoms with E-state index in [0.717, 1.165) is 13.0 Å². The third kappa shape index (κ3) is 2.26. The average molecular weight is 291 g/mol. The van der Waals surface area contributed by atoms with Crippen LogP contribution in [0.15, 0.2) is 53.9 Å². The van der Waals surface area contributed by atoms with E-state index in [9.17, 15) is 0 Å². The van der Waals surface area contributed by atoms with Crippen LogP contribution in [0.2, 0.25) is 0 Å². The Labute approximate surface area is 129 Å². The van der Waals surface area contributed by atoms with Crippen LogP contribution >= 0.6 is 11.3 Å². The molecule has 0 fully saturated rings. The molecule has 2 aromatic carbocycles. The third-order valence-corrected chi connectivity index (χ3v) is 5.24. The lowest BCUT2D eigenvalue weighted by molar-refractivity contribution is 1.16. The highest BCUT2D eigenvalue weighted by Gasteiger charge is 2.17. The molecule has 0 aliphatic heterocycles. The number of hydrogen-bond donors (Lipinski definition) is 1. The zero-order chi connectivity index (χ0) is 14.2. The zero-order valence-electron chi connectivity index (χ0n) is 12.0. The first kappa shape index (κ1) is 12.7. The fourth-order valence-corrected chi connectivity index (χ4v) is 3.87. The Morgan fingerprint density at radius 3 is 2.71 bits per heavy atom. The summed E-state index contributed by atoms with van der Waals surface area (Å²) in [6, 6.07) is 17.7. The number of thiophene rings is 1. The molecule has 3 aromatic rings. The summed E-state index contributed by atoms with van der Waals surface area (Å²) in [5.74, 6) is 0. The van der Waals surface area contributed by atoms with Crippen molar-refractivity contribution in [2.45, 2.75) is 19.9 Å². The maximum atomic E-state index is 3.55. The molecular formula is C19H17NS. The monoisotopic (exact) mass is 291 g/mol. The fraction of sp³-hybridized carbons (Fsp3) is 0.158. The van der Waals surface area contributed by atoms with E-state index in [1.54, 1.807) is 0 Å². The van der Waals surface area contributed by atoms with E-state index in [1.807, 2.05) is 11.3 Å². The molecule has 0 bridgehead atoms. The predicted molar refractivity (Wildman–Crippen MR) is 91.1 cm³/mol. The second-order valence-electron chi connectivity index (χ2n) is 5.59. The molecule has 21 heavy (non-hydrogen) atoms. The zero-order valence-corrected chi connectivity index (χ0v) is 12.8. The summed E-state index contributed by atoms with van der Waals surface area (Å²) < 4.78 is 0. The van der Waals surface area contributed by atoms with Crippen molar-refractivity contribution in [3.8, 4) is 11.1 Å². The van der Waals surface area contributed by atoms with Gasteiger partial charge in [0.1, 0.15) is 0 Å². The van der Waals surface area contributed by atoms with E-state index in [2.05, 4.69) is 66.2 Å². The van der Waals surface area contributed by atoms with Crippen LogP contribution in [-0.2, 0) is 13.0 Å². The SMILES string of the molecule is Cc1ccsc1CNc1ccc2c(c1)Cc1ccccc1-2. The van der Waals surface area contributed by atoms with Crippen LogP contribution in [0, 0.1) is 6.92 Å². The standard InChI is InChI=1S/C19H17NS/c1-13-8-9-21-19(13)12-20-16-6-7-18-15(11-16)10-14-4-2-3-5-17(14)18/h2-9,11,20H,10,12H2,1H3. The van der Waals surface area contributed by atoms with E-state index in [0.29, 0.717) is 0 Å². The first-order chi connectivity index (χ1) is 10.3. The minimum atomic E-state index is 0.912. The molecule has 104 valence electrons. The first-order valence-corrected chi connectivity index (χ1v) is 8.17. The first-order valence-electron chi connectivity index (χ1n) is 7.29. The molecule has 0 unspecified atom stereocenters. The van der Waals surface area contributed by atoms with Crippen LogP contribution in [-0.4, -0.2) is 0 Å². The van der Waals surface area contributed by atoms with Gasteiger partial charge in [-0.2, -0.15) is 0 Å². The molecule has 4 rings (SSSR count). The Balaban J connectivity index is 1.57. The summed E-state index contributed by atoms with van der Waals surface area (Å²) in [7, 11) is 0. The van der Waals surface area contributed by atoms with Crippen LogP contribution in [0.5, 0.6) is 0 Å². The highest BCUT2D eigenvalue weighted by Crippen LogP contribution is 2.37. The number of anilines is 1. The summed E-state index contributed by atoms with van der Waals surface area (Å²) in [6.07, 6.45) is 1.05. The van der Waals surface area contributed by atoms with Crippen LogP contribution in [0.4, 0.5) is 5.69 Å². The molecule has 0 atom stereocenters. The topological polar surface area (TPSA) is 12.0 Å². The van der Waals surface area contributed by atoms with Gasteiger partial charge in [-0.25, -0.2) is 0 Å². The number of aryl methyl sites for hydroxylation is 1. The maximum Gasteiger partial charge on any atom is 0.0496 e. The summed E-state index contributed by atoms with van der Waals surface area (Å²) in [6.45, 7) is 3.09. The van der Waals surface area contributed by atoms with E-state index in [4.69, 9.17) is 0 Å². The molecule has 0 saturated heterocycles. The van der Waals surface area contributed by atoms with Crippen molar-refractivity contribution in [2.24, 2.45) is 0 Å². The van der Waals surface area contributed by atoms with Crippen LogP contribution < -0.4 is 5.32 Å². The lowest BCUT2D eigenvalue weighted by atomic mass is 10.1. The Morgan fingerprint density at radius 1 is 1.00 bits per heavy atom. The Hall–Kier alpha value is -2.06. The van der Waals surface area contributed by atoms with Crippen molar-refractivity contribution in [3.05, 3.63) is 75.5 Å². The highest BCUT2D eigenvalue weighted by atomic mass is 32.1. The van der Waals surface area contributed by atoms with Gasteiger partial charge in [0.2, 0.25) is 0 Å². The molecule has 1 aromatic heterocycles. The Morgan fingerprint density at radius 2 is 1.86 bits per heavy atom. The molecule has 0 spiro atoms. The largest absolute Gasteiger partial charge is 0.380 e. The molecule has 2 heteroatoms. The van der Waals surface area contributed by atoms with Gasteiger partial charge in [0.15, 0.2) is 0 Å². The van der Waals surface area contributed by atoms with Crippen LogP contribution in [0.25, 0.3) is 11.1 Å². The van der Waals surface area contributed by atoms with E-state index in [1.165, 1.54) is 38.4 Å². The van der Waals surface area contributed by atoms with Gasteiger partial charge in [-0.05, 0) is 64.7 Å². The second kappa shape index (κ2) is 5.05. The van der Waals surface area contributed by atoms with E-state index < -0.39 is 0 Å². The second-order valence-corrected chi connectivity index (χ2v) is 6.59. The van der Waals surface area contributed by atoms with Gasteiger partial charge in [0.05, 0.1) is 0 Å². The van der Waals surface area contributed by atoms with Gasteiger partial charge in [-0.1, -0.05) is 30.3 Å². The molecular weight excluding hydrogens is 274 g/mol. The molecule has 1 aliphatic carbocycles. The summed E-state index contributed by atoms with van der Waals surface area (Å²) in [5.41, 5.74) is 8.26. The highest BCUT2D eigenvalue weighted by molar-refractivity contribution is 7.10. The number of benzene rings is 2. The van der Waals surface area contributed by atoms with Crippen molar-refractivity contribution in [1.29, 1.82) is 0 Å². The number of nitrogens with one attached hydrogen (secondary N) is 1. The lowest BCUT2D eigenvalue weighted by Gasteiger charge is -2.08. The number of rotatable bonds is 3. The van der Waals surface area contributed by atoms with Gasteiger partial charge in [-0.3, -0.25) is 0 Å². The summed E-state index contributed by atoms with van der Waals surface area (Å²) >= 11 is 1.82. The molecule has 0 saturated carbocycles. The van der Waals surface area contributed by atoms with Crippen molar-refractivity contribution < 1.29 is 0 Å². The molecule has 1 N–H and O–H groups in total. The Kier molecular flexibility index (Phi) is 3.04. The van der Waals surface area contributed by atoms with Crippen LogP contribution in [0.3, 0.4) is 0 Å². The predicted octanol–water partition coefficient (Wildman–Crippen LogP) is 5.24. The fourth-order valence-electron chi connectivity index (χ4n) is 3.02.